The molecule has 1 fully saturated rings. The van der Waals surface area contributed by atoms with Crippen LogP contribution in [0, 0.1) is 0 Å². The Kier molecular flexibility index (Phi) is 3.96. The molecule has 110 valence electrons. The Balaban J connectivity index is 1.69. The minimum absolute atomic E-state index is 0.0139. The molecule has 1 atom stereocenters. The van der Waals surface area contributed by atoms with E-state index in [0.29, 0.717) is 25.0 Å². The first-order valence-electron chi connectivity index (χ1n) is 6.82. The van der Waals surface area contributed by atoms with Gasteiger partial charge in [-0.05, 0) is 30.7 Å². The van der Waals surface area contributed by atoms with Crippen molar-refractivity contribution in [3.8, 4) is 5.75 Å². The smallest absolute Gasteiger partial charge is 0.250 e. The molecule has 2 amide bonds. The van der Waals surface area contributed by atoms with Crippen LogP contribution in [0.3, 0.4) is 0 Å². The quantitative estimate of drug-likeness (QED) is 0.851. The molecule has 2 aliphatic heterocycles. The molecule has 2 N–H and O–H groups in total. The number of nitrogens with one attached hydrogen (secondary N) is 2. The lowest BCUT2D eigenvalue weighted by Gasteiger charge is -2.25. The van der Waals surface area contributed by atoms with Crippen molar-refractivity contribution in [3.63, 3.8) is 0 Å². The van der Waals surface area contributed by atoms with Crippen LogP contribution in [-0.2, 0) is 9.59 Å². The summed E-state index contributed by atoms with van der Waals surface area (Å²) >= 11 is 3.41. The maximum atomic E-state index is 12.3. The predicted octanol–water partition coefficient (Wildman–Crippen LogP) is 1.62. The van der Waals surface area contributed by atoms with Crippen molar-refractivity contribution in [3.05, 3.63) is 33.8 Å². The van der Waals surface area contributed by atoms with E-state index in [1.807, 2.05) is 24.3 Å². The minimum atomic E-state index is -0.137. The first kappa shape index (κ1) is 14.1. The topological polar surface area (TPSA) is 67.4 Å². The number of amides is 2. The predicted molar refractivity (Wildman–Crippen MR) is 81.8 cm³/mol. The Morgan fingerprint density at radius 3 is 3.05 bits per heavy atom. The molecule has 0 saturated carbocycles. The monoisotopic (exact) mass is 350 g/mol. The number of halogens is 1. The molecule has 1 aromatic carbocycles. The van der Waals surface area contributed by atoms with Crippen LogP contribution in [-0.4, -0.2) is 31.0 Å². The van der Waals surface area contributed by atoms with Crippen molar-refractivity contribution in [1.29, 1.82) is 0 Å². The summed E-state index contributed by atoms with van der Waals surface area (Å²) in [5.41, 5.74) is 1.48. The largest absolute Gasteiger partial charge is 0.488 e. The fourth-order valence-electron chi connectivity index (χ4n) is 2.41. The summed E-state index contributed by atoms with van der Waals surface area (Å²) in [6.07, 6.45) is 2.98. The highest BCUT2D eigenvalue weighted by Crippen LogP contribution is 2.29. The minimum Gasteiger partial charge on any atom is -0.488 e. The van der Waals surface area contributed by atoms with E-state index in [1.54, 1.807) is 0 Å². The van der Waals surface area contributed by atoms with Crippen LogP contribution in [0.4, 0.5) is 0 Å². The van der Waals surface area contributed by atoms with Crippen LogP contribution in [0.15, 0.2) is 28.2 Å². The number of carbonyl (C=O) groups is 2. The fraction of sp³-hybridized carbons (Fsp3) is 0.333. The van der Waals surface area contributed by atoms with E-state index in [-0.39, 0.29) is 24.5 Å². The van der Waals surface area contributed by atoms with Crippen LogP contribution < -0.4 is 15.4 Å². The summed E-state index contributed by atoms with van der Waals surface area (Å²) < 4.78 is 6.54. The number of fused-ring (bicyclic) bond motifs is 1. The van der Waals surface area contributed by atoms with Gasteiger partial charge in [0.2, 0.25) is 5.91 Å². The van der Waals surface area contributed by atoms with Gasteiger partial charge in [-0.1, -0.05) is 15.9 Å². The van der Waals surface area contributed by atoms with E-state index >= 15 is 0 Å². The second-order valence-electron chi connectivity index (χ2n) is 5.15. The Hall–Kier alpha value is -1.82. The summed E-state index contributed by atoms with van der Waals surface area (Å²) in [4.78, 5) is 23.4. The first-order valence-corrected chi connectivity index (χ1v) is 7.61. The Morgan fingerprint density at radius 2 is 2.29 bits per heavy atom. The number of piperidine rings is 1. The van der Waals surface area contributed by atoms with Gasteiger partial charge in [-0.3, -0.25) is 9.59 Å². The summed E-state index contributed by atoms with van der Waals surface area (Å²) in [5.74, 6) is 0.681. The van der Waals surface area contributed by atoms with E-state index in [4.69, 9.17) is 4.74 Å². The van der Waals surface area contributed by atoms with Crippen LogP contribution in [0.1, 0.15) is 18.4 Å². The maximum absolute atomic E-state index is 12.3. The molecule has 1 aromatic rings. The van der Waals surface area contributed by atoms with Crippen molar-refractivity contribution >= 4 is 33.8 Å². The van der Waals surface area contributed by atoms with Gasteiger partial charge in [-0.15, -0.1) is 0 Å². The van der Waals surface area contributed by atoms with Gasteiger partial charge in [-0.25, -0.2) is 0 Å². The molecule has 0 spiro atoms. The summed E-state index contributed by atoms with van der Waals surface area (Å²) in [5, 5.41) is 5.69. The molecular formula is C15H15BrN2O3. The van der Waals surface area contributed by atoms with Crippen LogP contribution >= 0.6 is 15.9 Å². The number of carbonyl (C=O) groups excluding carboxylic acids is 2. The van der Waals surface area contributed by atoms with Crippen LogP contribution in [0.2, 0.25) is 0 Å². The lowest BCUT2D eigenvalue weighted by Crippen LogP contribution is -2.48. The molecule has 21 heavy (non-hydrogen) atoms. The van der Waals surface area contributed by atoms with Gasteiger partial charge in [0.1, 0.15) is 12.4 Å². The first-order chi connectivity index (χ1) is 10.1. The van der Waals surface area contributed by atoms with E-state index in [9.17, 15) is 9.59 Å². The lowest BCUT2D eigenvalue weighted by molar-refractivity contribution is -0.124. The molecule has 0 aromatic heterocycles. The third kappa shape index (κ3) is 3.26. The molecule has 2 heterocycles. The third-order valence-corrected chi connectivity index (χ3v) is 4.07. The third-order valence-electron chi connectivity index (χ3n) is 3.58. The van der Waals surface area contributed by atoms with Crippen LogP contribution in [0.25, 0.3) is 6.08 Å². The maximum Gasteiger partial charge on any atom is 0.250 e. The van der Waals surface area contributed by atoms with Gasteiger partial charge in [-0.2, -0.15) is 0 Å². The summed E-state index contributed by atoms with van der Waals surface area (Å²) in [6, 6.07) is 5.69. The Morgan fingerprint density at radius 1 is 1.43 bits per heavy atom. The highest BCUT2D eigenvalue weighted by atomic mass is 79.9. The zero-order chi connectivity index (χ0) is 14.8. The van der Waals surface area contributed by atoms with Crippen molar-refractivity contribution in [2.45, 2.75) is 18.9 Å². The van der Waals surface area contributed by atoms with E-state index in [0.717, 1.165) is 15.8 Å². The van der Waals surface area contributed by atoms with Crippen molar-refractivity contribution in [2.24, 2.45) is 0 Å². The molecular weight excluding hydrogens is 336 g/mol. The molecule has 3 rings (SSSR count). The standard InChI is InChI=1S/C15H15BrN2O3/c16-11-1-3-13-9(6-11)5-10(8-21-13)15(20)18-12-2-4-14(19)17-7-12/h1,3,5-6,12H,2,4,7-8H2,(H,17,19)(H,18,20). The van der Waals surface area contributed by atoms with E-state index in [1.165, 1.54) is 0 Å². The average molecular weight is 351 g/mol. The molecule has 1 unspecified atom stereocenters. The summed E-state index contributed by atoms with van der Waals surface area (Å²) in [7, 11) is 0. The van der Waals surface area contributed by atoms with Crippen molar-refractivity contribution < 1.29 is 14.3 Å². The molecule has 2 aliphatic rings. The normalized spacial score (nSPS) is 20.7. The average Bonchev–Trinajstić information content (AvgIpc) is 2.48. The zero-order valence-corrected chi connectivity index (χ0v) is 12.9. The Labute approximate surface area is 130 Å². The zero-order valence-electron chi connectivity index (χ0n) is 11.3. The highest BCUT2D eigenvalue weighted by molar-refractivity contribution is 9.10. The van der Waals surface area contributed by atoms with E-state index < -0.39 is 0 Å². The molecule has 1 saturated heterocycles. The number of ether oxygens (including phenoxy) is 1. The van der Waals surface area contributed by atoms with Gasteiger partial charge in [0.15, 0.2) is 0 Å². The molecule has 0 radical (unpaired) electrons. The van der Waals surface area contributed by atoms with Crippen molar-refractivity contribution in [2.75, 3.05) is 13.2 Å². The SMILES string of the molecule is O=C1CCC(NC(=O)C2=Cc3cc(Br)ccc3OC2)CN1. The second kappa shape index (κ2) is 5.89. The van der Waals surface area contributed by atoms with E-state index in [2.05, 4.69) is 26.6 Å². The molecule has 0 bridgehead atoms. The van der Waals surface area contributed by atoms with Crippen LogP contribution in [0.5, 0.6) is 5.75 Å². The number of hydrogen-bond acceptors (Lipinski definition) is 3. The highest BCUT2D eigenvalue weighted by Gasteiger charge is 2.23. The lowest BCUT2D eigenvalue weighted by atomic mass is 10.0. The molecule has 6 heteroatoms. The second-order valence-corrected chi connectivity index (χ2v) is 6.07. The number of hydrogen-bond donors (Lipinski definition) is 2. The summed E-state index contributed by atoms with van der Waals surface area (Å²) in [6.45, 7) is 0.750. The number of benzene rings is 1. The van der Waals surface area contributed by atoms with Gasteiger partial charge in [0.25, 0.3) is 5.91 Å². The molecule has 5 nitrogen and oxygen atoms in total. The van der Waals surface area contributed by atoms with Gasteiger partial charge in [0.05, 0.1) is 5.57 Å². The van der Waals surface area contributed by atoms with Gasteiger partial charge in [0, 0.05) is 29.0 Å². The Bertz CT molecular complexity index is 617. The van der Waals surface area contributed by atoms with Gasteiger partial charge >= 0.3 is 0 Å². The fourth-order valence-corrected chi connectivity index (χ4v) is 2.79. The molecule has 0 aliphatic carbocycles. The van der Waals surface area contributed by atoms with Gasteiger partial charge < -0.3 is 15.4 Å². The number of rotatable bonds is 2. The van der Waals surface area contributed by atoms with Crippen molar-refractivity contribution in [1.82, 2.24) is 10.6 Å².